The maximum atomic E-state index is 12.4. The van der Waals surface area contributed by atoms with E-state index in [0.717, 1.165) is 63.2 Å². The van der Waals surface area contributed by atoms with E-state index in [1.54, 1.807) is 0 Å². The Hall–Kier alpha value is -1.70. The normalized spacial score (nSPS) is 19.7. The molecule has 7 heteroatoms. The summed E-state index contributed by atoms with van der Waals surface area (Å²) in [6.45, 7) is 7.62. The number of hydrogen-bond acceptors (Lipinski definition) is 4. The summed E-state index contributed by atoms with van der Waals surface area (Å²) in [7, 11) is 2.10. The highest BCUT2D eigenvalue weighted by atomic mass is 32.1. The molecule has 0 radical (unpaired) electrons. The van der Waals surface area contributed by atoms with Crippen LogP contribution in [0.4, 0.5) is 5.69 Å². The highest BCUT2D eigenvalue weighted by Gasteiger charge is 2.24. The van der Waals surface area contributed by atoms with Crippen LogP contribution in [0.5, 0.6) is 0 Å². The molecule has 1 amide bonds. The average molecular weight is 362 g/mol. The van der Waals surface area contributed by atoms with Gasteiger partial charge < -0.3 is 20.0 Å². The van der Waals surface area contributed by atoms with Gasteiger partial charge in [0.25, 0.3) is 0 Å². The molecule has 0 aromatic heterocycles. The molecule has 0 spiro atoms. The molecule has 25 heavy (non-hydrogen) atoms. The topological polar surface area (TPSA) is 42.1 Å². The molecule has 0 unspecified atom stereocenters. The lowest BCUT2D eigenvalue weighted by Gasteiger charge is -2.38. The van der Waals surface area contributed by atoms with E-state index in [1.165, 1.54) is 0 Å². The summed E-state index contributed by atoms with van der Waals surface area (Å²) >= 11 is 5.51. The summed E-state index contributed by atoms with van der Waals surface area (Å²) in [4.78, 5) is 21.1. The zero-order chi connectivity index (χ0) is 17.6. The van der Waals surface area contributed by atoms with Crippen LogP contribution >= 0.6 is 12.2 Å². The third-order valence-electron chi connectivity index (χ3n) is 4.90. The molecule has 3 rings (SSSR count). The molecule has 0 saturated carbocycles. The van der Waals surface area contributed by atoms with Gasteiger partial charge in [0.1, 0.15) is 0 Å². The standard InChI is InChI=1S/C18H27N5OS/c1-20-7-11-22(12-8-20)17(24)15-21-9-13-23(14-10-21)18(25)19-16-5-3-2-4-6-16/h2-6H,7-15H2,1H3,(H,19,25). The Bertz CT molecular complexity index is 580. The van der Waals surface area contributed by atoms with Gasteiger partial charge in [-0.1, -0.05) is 18.2 Å². The second-order valence-corrected chi connectivity index (χ2v) is 7.13. The van der Waals surface area contributed by atoms with Crippen molar-refractivity contribution in [2.75, 3.05) is 71.3 Å². The van der Waals surface area contributed by atoms with E-state index in [1.807, 2.05) is 35.2 Å². The van der Waals surface area contributed by atoms with E-state index in [0.29, 0.717) is 6.54 Å². The molecule has 136 valence electrons. The number of benzene rings is 1. The fraction of sp³-hybridized carbons (Fsp3) is 0.556. The van der Waals surface area contributed by atoms with Crippen molar-refractivity contribution in [1.29, 1.82) is 0 Å². The van der Waals surface area contributed by atoms with Crippen molar-refractivity contribution in [3.63, 3.8) is 0 Å². The largest absolute Gasteiger partial charge is 0.346 e. The Labute approximate surface area is 155 Å². The second-order valence-electron chi connectivity index (χ2n) is 6.74. The van der Waals surface area contributed by atoms with Crippen LogP contribution in [0.15, 0.2) is 30.3 Å². The monoisotopic (exact) mass is 361 g/mol. The van der Waals surface area contributed by atoms with Gasteiger partial charge >= 0.3 is 0 Å². The average Bonchev–Trinajstić information content (AvgIpc) is 2.63. The number of carbonyl (C=O) groups excluding carboxylic acids is 1. The van der Waals surface area contributed by atoms with Crippen molar-refractivity contribution in [2.45, 2.75) is 0 Å². The molecule has 1 aromatic rings. The molecule has 2 heterocycles. The Balaban J connectivity index is 1.41. The van der Waals surface area contributed by atoms with E-state index in [4.69, 9.17) is 12.2 Å². The maximum absolute atomic E-state index is 12.4. The highest BCUT2D eigenvalue weighted by molar-refractivity contribution is 7.80. The van der Waals surface area contributed by atoms with Crippen molar-refractivity contribution < 1.29 is 4.79 Å². The first-order valence-corrected chi connectivity index (χ1v) is 9.32. The van der Waals surface area contributed by atoms with Crippen LogP contribution in [0.2, 0.25) is 0 Å². The lowest BCUT2D eigenvalue weighted by molar-refractivity contribution is -0.134. The Morgan fingerprint density at radius 1 is 0.960 bits per heavy atom. The molecule has 1 aromatic carbocycles. The Morgan fingerprint density at radius 3 is 2.20 bits per heavy atom. The van der Waals surface area contributed by atoms with Gasteiger partial charge in [0.2, 0.25) is 5.91 Å². The molecular weight excluding hydrogens is 334 g/mol. The number of anilines is 1. The number of nitrogens with zero attached hydrogens (tertiary/aromatic N) is 4. The van der Waals surface area contributed by atoms with Gasteiger partial charge in [-0.25, -0.2) is 0 Å². The van der Waals surface area contributed by atoms with Gasteiger partial charge in [-0.2, -0.15) is 0 Å². The number of thiocarbonyl (C=S) groups is 1. The molecular formula is C18H27N5OS. The van der Waals surface area contributed by atoms with Gasteiger partial charge in [0.15, 0.2) is 5.11 Å². The van der Waals surface area contributed by atoms with Gasteiger partial charge in [-0.05, 0) is 31.4 Å². The summed E-state index contributed by atoms with van der Waals surface area (Å²) in [5.41, 5.74) is 1.01. The minimum absolute atomic E-state index is 0.256. The molecule has 0 atom stereocenters. The number of carbonyl (C=O) groups is 1. The van der Waals surface area contributed by atoms with Crippen molar-refractivity contribution >= 4 is 28.9 Å². The van der Waals surface area contributed by atoms with Crippen molar-refractivity contribution in [2.24, 2.45) is 0 Å². The minimum atomic E-state index is 0.256. The van der Waals surface area contributed by atoms with E-state index in [-0.39, 0.29) is 5.91 Å². The van der Waals surface area contributed by atoms with E-state index in [9.17, 15) is 4.79 Å². The predicted octanol–water partition coefficient (Wildman–Crippen LogP) is 0.775. The molecule has 2 saturated heterocycles. The first-order chi connectivity index (χ1) is 12.1. The van der Waals surface area contributed by atoms with E-state index < -0.39 is 0 Å². The van der Waals surface area contributed by atoms with Crippen LogP contribution < -0.4 is 5.32 Å². The van der Waals surface area contributed by atoms with Crippen molar-refractivity contribution in [3.05, 3.63) is 30.3 Å². The van der Waals surface area contributed by atoms with Crippen LogP contribution in [0.3, 0.4) is 0 Å². The second kappa shape index (κ2) is 8.60. The molecule has 2 fully saturated rings. The summed E-state index contributed by atoms with van der Waals surface area (Å²) < 4.78 is 0. The number of amides is 1. The van der Waals surface area contributed by atoms with E-state index in [2.05, 4.69) is 27.1 Å². The van der Waals surface area contributed by atoms with Gasteiger partial charge in [0, 0.05) is 58.0 Å². The first kappa shape index (κ1) is 18.1. The van der Waals surface area contributed by atoms with Crippen LogP contribution in [-0.4, -0.2) is 96.6 Å². The number of likely N-dealkylation sites (N-methyl/N-ethyl adjacent to an activating group) is 1. The zero-order valence-corrected chi connectivity index (χ0v) is 15.7. The van der Waals surface area contributed by atoms with Crippen LogP contribution in [0, 0.1) is 0 Å². The molecule has 2 aliphatic rings. The molecule has 6 nitrogen and oxygen atoms in total. The highest BCUT2D eigenvalue weighted by Crippen LogP contribution is 2.10. The lowest BCUT2D eigenvalue weighted by atomic mass is 10.3. The number of hydrogen-bond donors (Lipinski definition) is 1. The summed E-state index contributed by atoms with van der Waals surface area (Å²) in [5, 5.41) is 4.04. The van der Waals surface area contributed by atoms with Gasteiger partial charge in [-0.15, -0.1) is 0 Å². The fourth-order valence-electron chi connectivity index (χ4n) is 3.18. The fourth-order valence-corrected chi connectivity index (χ4v) is 3.48. The molecule has 0 aliphatic carbocycles. The third kappa shape index (κ3) is 5.14. The summed E-state index contributed by atoms with van der Waals surface area (Å²) in [6.07, 6.45) is 0. The third-order valence-corrected chi connectivity index (χ3v) is 5.26. The van der Waals surface area contributed by atoms with Crippen LogP contribution in [0.1, 0.15) is 0 Å². The quantitative estimate of drug-likeness (QED) is 0.803. The summed E-state index contributed by atoms with van der Waals surface area (Å²) in [6, 6.07) is 10.00. The molecule has 2 aliphatic heterocycles. The lowest BCUT2D eigenvalue weighted by Crippen LogP contribution is -2.54. The number of piperazine rings is 2. The first-order valence-electron chi connectivity index (χ1n) is 8.91. The zero-order valence-electron chi connectivity index (χ0n) is 14.9. The Morgan fingerprint density at radius 2 is 1.56 bits per heavy atom. The van der Waals surface area contributed by atoms with Crippen LogP contribution in [-0.2, 0) is 4.79 Å². The number of para-hydroxylation sites is 1. The van der Waals surface area contributed by atoms with Crippen LogP contribution in [0.25, 0.3) is 0 Å². The minimum Gasteiger partial charge on any atom is -0.346 e. The number of nitrogens with one attached hydrogen (secondary N) is 1. The Kier molecular flexibility index (Phi) is 6.23. The smallest absolute Gasteiger partial charge is 0.236 e. The van der Waals surface area contributed by atoms with E-state index >= 15 is 0 Å². The maximum Gasteiger partial charge on any atom is 0.236 e. The SMILES string of the molecule is CN1CCN(C(=O)CN2CCN(C(=S)Nc3ccccc3)CC2)CC1. The molecule has 0 bridgehead atoms. The van der Waals surface area contributed by atoms with Crippen molar-refractivity contribution in [3.8, 4) is 0 Å². The molecule has 1 N–H and O–H groups in total. The van der Waals surface area contributed by atoms with Crippen molar-refractivity contribution in [1.82, 2.24) is 19.6 Å². The van der Waals surface area contributed by atoms with Gasteiger partial charge in [0.05, 0.1) is 6.54 Å². The predicted molar refractivity (Wildman–Crippen MR) is 105 cm³/mol. The van der Waals surface area contributed by atoms with Gasteiger partial charge in [-0.3, -0.25) is 9.69 Å². The summed E-state index contributed by atoms with van der Waals surface area (Å²) in [5.74, 6) is 0.256. The number of rotatable bonds is 3.